The number of ether oxygens (including phenoxy) is 1. The molecule has 0 aliphatic heterocycles. The van der Waals surface area contributed by atoms with E-state index < -0.39 is 23.7 Å². The minimum absolute atomic E-state index is 0.0794. The summed E-state index contributed by atoms with van der Waals surface area (Å²) in [7, 11) is 1.36. The molecule has 116 valence electrons. The van der Waals surface area contributed by atoms with Gasteiger partial charge in [-0.3, -0.25) is 4.79 Å². The van der Waals surface area contributed by atoms with E-state index in [0.29, 0.717) is 17.7 Å². The fourth-order valence-corrected chi connectivity index (χ4v) is 2.22. The van der Waals surface area contributed by atoms with Crippen molar-refractivity contribution in [2.45, 2.75) is 18.9 Å². The van der Waals surface area contributed by atoms with Gasteiger partial charge in [-0.1, -0.05) is 6.07 Å². The first-order valence-corrected chi connectivity index (χ1v) is 7.70. The molecule has 0 heterocycles. The number of amides is 1. The average molecular weight is 315 g/mol. The number of thioether (sulfide) groups is 1. The van der Waals surface area contributed by atoms with Crippen molar-refractivity contribution in [2.24, 2.45) is 0 Å². The third-order valence-electron chi connectivity index (χ3n) is 2.82. The Labute approximate surface area is 126 Å². The largest absolute Gasteiger partial charge is 0.494 e. The summed E-state index contributed by atoms with van der Waals surface area (Å²) < 4.78 is 18.3. The van der Waals surface area contributed by atoms with Crippen LogP contribution in [0.1, 0.15) is 12.0 Å². The number of nitrogens with one attached hydrogen (secondary N) is 1. The second-order valence-corrected chi connectivity index (χ2v) is 5.37. The first-order chi connectivity index (χ1) is 9.97. The lowest BCUT2D eigenvalue weighted by Crippen LogP contribution is -2.41. The van der Waals surface area contributed by atoms with Crippen LogP contribution in [-0.4, -0.2) is 42.1 Å². The molecule has 0 fully saturated rings. The van der Waals surface area contributed by atoms with Crippen LogP contribution < -0.4 is 10.1 Å². The first-order valence-electron chi connectivity index (χ1n) is 6.31. The summed E-state index contributed by atoms with van der Waals surface area (Å²) in [5, 5.41) is 11.5. The Kier molecular flexibility index (Phi) is 7.01. The number of benzene rings is 1. The van der Waals surface area contributed by atoms with Crippen molar-refractivity contribution >= 4 is 23.6 Å². The molecule has 0 bridgehead atoms. The molecule has 1 aromatic rings. The summed E-state index contributed by atoms with van der Waals surface area (Å²) in [5.74, 6) is -1.34. The molecule has 0 aromatic heterocycles. The minimum atomic E-state index is -1.07. The summed E-state index contributed by atoms with van der Waals surface area (Å²) >= 11 is 1.51. The molecule has 2 N–H and O–H groups in total. The predicted octanol–water partition coefficient (Wildman–Crippen LogP) is 1.70. The SMILES string of the molecule is COc1ccc(CC(=O)N[C@H](CCSC)C(=O)O)cc1F. The number of aliphatic carboxylic acids is 1. The molecule has 5 nitrogen and oxygen atoms in total. The number of hydrogen-bond acceptors (Lipinski definition) is 4. The Hall–Kier alpha value is -1.76. The van der Waals surface area contributed by atoms with E-state index in [9.17, 15) is 14.0 Å². The molecule has 0 aliphatic rings. The number of hydrogen-bond donors (Lipinski definition) is 2. The molecule has 7 heteroatoms. The van der Waals surface area contributed by atoms with Crippen molar-refractivity contribution in [3.63, 3.8) is 0 Å². The topological polar surface area (TPSA) is 75.6 Å². The quantitative estimate of drug-likeness (QED) is 0.763. The van der Waals surface area contributed by atoms with Crippen molar-refractivity contribution in [1.29, 1.82) is 0 Å². The van der Waals surface area contributed by atoms with Crippen LogP contribution in [0.5, 0.6) is 5.75 Å². The zero-order valence-corrected chi connectivity index (χ0v) is 12.7. The molecule has 0 radical (unpaired) electrons. The molecule has 1 aromatic carbocycles. The molecule has 1 rings (SSSR count). The van der Waals surface area contributed by atoms with E-state index in [1.807, 2.05) is 6.26 Å². The normalized spacial score (nSPS) is 11.8. The Morgan fingerprint density at radius 2 is 2.19 bits per heavy atom. The van der Waals surface area contributed by atoms with Gasteiger partial charge < -0.3 is 15.2 Å². The summed E-state index contributed by atoms with van der Waals surface area (Å²) in [6.45, 7) is 0. The Balaban J connectivity index is 2.63. The van der Waals surface area contributed by atoms with Gasteiger partial charge in [-0.2, -0.15) is 11.8 Å². The van der Waals surface area contributed by atoms with Crippen molar-refractivity contribution in [3.8, 4) is 5.75 Å². The van der Waals surface area contributed by atoms with Gasteiger partial charge in [0.25, 0.3) is 0 Å². The highest BCUT2D eigenvalue weighted by atomic mass is 32.2. The standard InChI is InChI=1S/C14H18FNO4S/c1-20-12-4-3-9(7-10(12)15)8-13(17)16-11(14(18)19)5-6-21-2/h3-4,7,11H,5-6,8H2,1-2H3,(H,16,17)(H,18,19)/t11-/m1/s1. The van der Waals surface area contributed by atoms with E-state index in [-0.39, 0.29) is 12.2 Å². The zero-order valence-electron chi connectivity index (χ0n) is 11.9. The fraction of sp³-hybridized carbons (Fsp3) is 0.429. The second-order valence-electron chi connectivity index (χ2n) is 4.39. The van der Waals surface area contributed by atoms with Gasteiger partial charge in [-0.05, 0) is 36.1 Å². The lowest BCUT2D eigenvalue weighted by atomic mass is 10.1. The van der Waals surface area contributed by atoms with Gasteiger partial charge in [0.05, 0.1) is 13.5 Å². The van der Waals surface area contributed by atoms with Crippen LogP contribution in [0, 0.1) is 5.82 Å². The highest BCUT2D eigenvalue weighted by molar-refractivity contribution is 7.98. The highest BCUT2D eigenvalue weighted by Crippen LogP contribution is 2.18. The summed E-state index contributed by atoms with van der Waals surface area (Å²) in [5.41, 5.74) is 0.458. The van der Waals surface area contributed by atoms with E-state index in [1.165, 1.54) is 31.0 Å². The lowest BCUT2D eigenvalue weighted by molar-refractivity contribution is -0.141. The predicted molar refractivity (Wildman–Crippen MR) is 79.2 cm³/mol. The fourth-order valence-electron chi connectivity index (χ4n) is 1.74. The highest BCUT2D eigenvalue weighted by Gasteiger charge is 2.19. The van der Waals surface area contributed by atoms with Crippen LogP contribution in [0.3, 0.4) is 0 Å². The number of carboxylic acids is 1. The number of methoxy groups -OCH3 is 1. The Bertz CT molecular complexity index is 510. The van der Waals surface area contributed by atoms with Gasteiger partial charge in [0.2, 0.25) is 5.91 Å². The molecule has 0 unspecified atom stereocenters. The molecule has 0 aliphatic carbocycles. The molecule has 1 atom stereocenters. The van der Waals surface area contributed by atoms with Crippen LogP contribution in [-0.2, 0) is 16.0 Å². The van der Waals surface area contributed by atoms with Crippen molar-refractivity contribution in [3.05, 3.63) is 29.6 Å². The molecule has 0 saturated carbocycles. The van der Waals surface area contributed by atoms with Gasteiger partial charge in [0.1, 0.15) is 6.04 Å². The van der Waals surface area contributed by atoms with Crippen LogP contribution in [0.15, 0.2) is 18.2 Å². The van der Waals surface area contributed by atoms with E-state index in [4.69, 9.17) is 9.84 Å². The Morgan fingerprint density at radius 3 is 2.71 bits per heavy atom. The third-order valence-corrected chi connectivity index (χ3v) is 3.47. The number of rotatable bonds is 8. The molecule has 1 amide bonds. The monoisotopic (exact) mass is 315 g/mol. The van der Waals surface area contributed by atoms with Gasteiger partial charge in [-0.15, -0.1) is 0 Å². The smallest absolute Gasteiger partial charge is 0.326 e. The first kappa shape index (κ1) is 17.3. The second kappa shape index (κ2) is 8.51. The number of carbonyl (C=O) groups excluding carboxylic acids is 1. The molecule has 0 spiro atoms. The number of halogens is 1. The zero-order chi connectivity index (χ0) is 15.8. The van der Waals surface area contributed by atoms with Crippen molar-refractivity contribution in [2.75, 3.05) is 19.1 Å². The van der Waals surface area contributed by atoms with Crippen LogP contribution in [0.2, 0.25) is 0 Å². The van der Waals surface area contributed by atoms with Crippen molar-refractivity contribution < 1.29 is 23.8 Å². The maximum Gasteiger partial charge on any atom is 0.326 e. The summed E-state index contributed by atoms with van der Waals surface area (Å²) in [4.78, 5) is 22.9. The summed E-state index contributed by atoms with van der Waals surface area (Å²) in [6, 6.07) is 3.28. The van der Waals surface area contributed by atoms with E-state index in [2.05, 4.69) is 5.32 Å². The molecular formula is C14H18FNO4S. The van der Waals surface area contributed by atoms with Gasteiger partial charge >= 0.3 is 5.97 Å². The number of carbonyl (C=O) groups is 2. The maximum atomic E-state index is 13.5. The van der Waals surface area contributed by atoms with Crippen LogP contribution in [0.4, 0.5) is 4.39 Å². The van der Waals surface area contributed by atoms with Gasteiger partial charge in [-0.25, -0.2) is 9.18 Å². The van der Waals surface area contributed by atoms with E-state index in [0.717, 1.165) is 0 Å². The Morgan fingerprint density at radius 1 is 1.48 bits per heavy atom. The third kappa shape index (κ3) is 5.63. The lowest BCUT2D eigenvalue weighted by Gasteiger charge is -2.14. The number of carboxylic acid groups (broad SMARTS) is 1. The minimum Gasteiger partial charge on any atom is -0.494 e. The maximum absolute atomic E-state index is 13.5. The molecule has 0 saturated heterocycles. The van der Waals surface area contributed by atoms with Crippen molar-refractivity contribution in [1.82, 2.24) is 5.32 Å². The van der Waals surface area contributed by atoms with E-state index in [1.54, 1.807) is 6.07 Å². The van der Waals surface area contributed by atoms with E-state index >= 15 is 0 Å². The molecular weight excluding hydrogens is 297 g/mol. The van der Waals surface area contributed by atoms with Crippen LogP contribution >= 0.6 is 11.8 Å². The average Bonchev–Trinajstić information content (AvgIpc) is 2.43. The molecule has 21 heavy (non-hydrogen) atoms. The van der Waals surface area contributed by atoms with Gasteiger partial charge in [0.15, 0.2) is 11.6 Å². The van der Waals surface area contributed by atoms with Gasteiger partial charge in [0, 0.05) is 0 Å². The van der Waals surface area contributed by atoms with Crippen LogP contribution in [0.25, 0.3) is 0 Å². The summed E-state index contributed by atoms with van der Waals surface area (Å²) in [6.07, 6.45) is 2.13.